The fraction of sp³-hybridized carbons (Fsp3) is 0.733. The van der Waals surface area contributed by atoms with E-state index in [2.05, 4.69) is 44.0 Å². The van der Waals surface area contributed by atoms with Gasteiger partial charge in [0.25, 0.3) is 0 Å². The van der Waals surface area contributed by atoms with Gasteiger partial charge in [-0.25, -0.2) is 0 Å². The van der Waals surface area contributed by atoms with Crippen LogP contribution in [0.25, 0.3) is 0 Å². The SMILES string of the molecule is Cc1cc(C(C)N2CCNCC2C(C)C)c(C)o1. The highest BCUT2D eigenvalue weighted by Crippen LogP contribution is 2.30. The Morgan fingerprint density at radius 1 is 1.33 bits per heavy atom. The van der Waals surface area contributed by atoms with Gasteiger partial charge in [0.15, 0.2) is 0 Å². The van der Waals surface area contributed by atoms with Gasteiger partial charge in [0.1, 0.15) is 11.5 Å². The van der Waals surface area contributed by atoms with Gasteiger partial charge in [-0.15, -0.1) is 0 Å². The van der Waals surface area contributed by atoms with Gasteiger partial charge in [-0.3, -0.25) is 4.90 Å². The lowest BCUT2D eigenvalue weighted by atomic mass is 9.96. The second-order valence-corrected chi connectivity index (χ2v) is 5.80. The number of hydrogen-bond donors (Lipinski definition) is 1. The molecule has 0 bridgehead atoms. The van der Waals surface area contributed by atoms with Crippen LogP contribution in [0.3, 0.4) is 0 Å². The van der Waals surface area contributed by atoms with E-state index in [1.807, 2.05) is 6.92 Å². The fourth-order valence-electron chi connectivity index (χ4n) is 3.08. The molecule has 2 atom stereocenters. The van der Waals surface area contributed by atoms with E-state index in [0.29, 0.717) is 18.0 Å². The summed E-state index contributed by atoms with van der Waals surface area (Å²) >= 11 is 0. The van der Waals surface area contributed by atoms with E-state index in [4.69, 9.17) is 4.42 Å². The predicted molar refractivity (Wildman–Crippen MR) is 74.8 cm³/mol. The average molecular weight is 250 g/mol. The molecule has 1 N–H and O–H groups in total. The lowest BCUT2D eigenvalue weighted by molar-refractivity contribution is 0.0837. The second-order valence-electron chi connectivity index (χ2n) is 5.80. The van der Waals surface area contributed by atoms with Gasteiger partial charge in [0.05, 0.1) is 0 Å². The number of nitrogens with one attached hydrogen (secondary N) is 1. The maximum atomic E-state index is 5.68. The summed E-state index contributed by atoms with van der Waals surface area (Å²) in [7, 11) is 0. The molecule has 0 aliphatic carbocycles. The number of nitrogens with zero attached hydrogens (tertiary/aromatic N) is 1. The molecule has 102 valence electrons. The Balaban J connectivity index is 2.20. The molecule has 2 heterocycles. The van der Waals surface area contributed by atoms with Crippen molar-refractivity contribution >= 4 is 0 Å². The quantitative estimate of drug-likeness (QED) is 0.894. The molecule has 0 amide bonds. The molecule has 3 heteroatoms. The van der Waals surface area contributed by atoms with E-state index >= 15 is 0 Å². The van der Waals surface area contributed by atoms with Crippen molar-refractivity contribution in [2.45, 2.75) is 46.7 Å². The molecule has 1 aromatic rings. The highest BCUT2D eigenvalue weighted by molar-refractivity contribution is 5.24. The van der Waals surface area contributed by atoms with Crippen molar-refractivity contribution in [2.24, 2.45) is 5.92 Å². The Kier molecular flexibility index (Phi) is 4.13. The van der Waals surface area contributed by atoms with Gasteiger partial charge in [0.2, 0.25) is 0 Å². The summed E-state index contributed by atoms with van der Waals surface area (Å²) < 4.78 is 5.68. The summed E-state index contributed by atoms with van der Waals surface area (Å²) in [4.78, 5) is 2.62. The highest BCUT2D eigenvalue weighted by Gasteiger charge is 2.30. The molecule has 0 radical (unpaired) electrons. The van der Waals surface area contributed by atoms with Gasteiger partial charge >= 0.3 is 0 Å². The van der Waals surface area contributed by atoms with E-state index in [9.17, 15) is 0 Å². The van der Waals surface area contributed by atoms with Crippen molar-refractivity contribution in [3.05, 3.63) is 23.2 Å². The normalized spacial score (nSPS) is 23.6. The van der Waals surface area contributed by atoms with Crippen molar-refractivity contribution in [2.75, 3.05) is 19.6 Å². The first-order valence-electron chi connectivity index (χ1n) is 7.04. The maximum Gasteiger partial charge on any atom is 0.105 e. The zero-order chi connectivity index (χ0) is 13.3. The van der Waals surface area contributed by atoms with Gasteiger partial charge in [-0.1, -0.05) is 13.8 Å². The number of piperazine rings is 1. The second kappa shape index (κ2) is 5.45. The summed E-state index contributed by atoms with van der Waals surface area (Å²) in [5.41, 5.74) is 1.35. The van der Waals surface area contributed by atoms with Crippen molar-refractivity contribution in [3.8, 4) is 0 Å². The van der Waals surface area contributed by atoms with Crippen LogP contribution >= 0.6 is 0 Å². The lowest BCUT2D eigenvalue weighted by Crippen LogP contribution is -2.54. The minimum absolute atomic E-state index is 0.442. The van der Waals surface area contributed by atoms with Crippen LogP contribution < -0.4 is 5.32 Å². The Labute approximate surface area is 111 Å². The maximum absolute atomic E-state index is 5.68. The van der Waals surface area contributed by atoms with Crippen LogP contribution in [0.15, 0.2) is 10.5 Å². The molecule has 1 aliphatic rings. The van der Waals surface area contributed by atoms with Gasteiger partial charge in [-0.05, 0) is 32.8 Å². The van der Waals surface area contributed by atoms with Gasteiger partial charge in [0, 0.05) is 37.3 Å². The molecular formula is C15H26N2O. The van der Waals surface area contributed by atoms with Crippen LogP contribution in [0.5, 0.6) is 0 Å². The standard InChI is InChI=1S/C15H26N2O/c1-10(2)15-9-16-6-7-17(15)12(4)14-8-11(3)18-13(14)5/h8,10,12,15-16H,6-7,9H2,1-5H3. The summed E-state index contributed by atoms with van der Waals surface area (Å²) in [5, 5.41) is 3.51. The summed E-state index contributed by atoms with van der Waals surface area (Å²) in [6.07, 6.45) is 0. The van der Waals surface area contributed by atoms with E-state index in [1.165, 1.54) is 5.56 Å². The van der Waals surface area contributed by atoms with Crippen molar-refractivity contribution < 1.29 is 4.42 Å². The molecule has 18 heavy (non-hydrogen) atoms. The van der Waals surface area contributed by atoms with Gasteiger partial charge < -0.3 is 9.73 Å². The van der Waals surface area contributed by atoms with Crippen LogP contribution in [0.2, 0.25) is 0 Å². The zero-order valence-corrected chi connectivity index (χ0v) is 12.3. The Morgan fingerprint density at radius 3 is 2.61 bits per heavy atom. The summed E-state index contributed by atoms with van der Waals surface area (Å²) in [6, 6.07) is 3.25. The molecule has 2 rings (SSSR count). The lowest BCUT2D eigenvalue weighted by Gasteiger charge is -2.42. The molecule has 0 spiro atoms. The minimum Gasteiger partial charge on any atom is -0.466 e. The smallest absolute Gasteiger partial charge is 0.105 e. The first kappa shape index (κ1) is 13.6. The summed E-state index contributed by atoms with van der Waals surface area (Å²) in [5.74, 6) is 2.76. The van der Waals surface area contributed by atoms with Crippen LogP contribution in [0.4, 0.5) is 0 Å². The highest BCUT2D eigenvalue weighted by atomic mass is 16.3. The topological polar surface area (TPSA) is 28.4 Å². The van der Waals surface area contributed by atoms with Crippen molar-refractivity contribution in [3.63, 3.8) is 0 Å². The molecule has 1 fully saturated rings. The van der Waals surface area contributed by atoms with Crippen molar-refractivity contribution in [1.29, 1.82) is 0 Å². The molecule has 2 unspecified atom stereocenters. The molecular weight excluding hydrogens is 224 g/mol. The molecule has 1 aliphatic heterocycles. The van der Waals surface area contributed by atoms with E-state index in [-0.39, 0.29) is 0 Å². The number of hydrogen-bond acceptors (Lipinski definition) is 3. The van der Waals surface area contributed by atoms with Crippen LogP contribution in [-0.2, 0) is 0 Å². The van der Waals surface area contributed by atoms with Crippen molar-refractivity contribution in [1.82, 2.24) is 10.2 Å². The van der Waals surface area contributed by atoms with Crippen LogP contribution in [-0.4, -0.2) is 30.6 Å². The minimum atomic E-state index is 0.442. The third kappa shape index (κ3) is 2.62. The number of rotatable bonds is 3. The van der Waals surface area contributed by atoms with Crippen LogP contribution in [0.1, 0.15) is 43.9 Å². The third-order valence-corrected chi connectivity index (χ3v) is 4.12. The molecule has 1 aromatic heterocycles. The first-order valence-corrected chi connectivity index (χ1v) is 7.04. The predicted octanol–water partition coefficient (Wildman–Crippen LogP) is 2.89. The number of furan rings is 1. The largest absolute Gasteiger partial charge is 0.466 e. The van der Waals surface area contributed by atoms with Crippen LogP contribution in [0, 0.1) is 19.8 Å². The molecule has 0 aromatic carbocycles. The average Bonchev–Trinajstić information content (AvgIpc) is 2.67. The Bertz CT molecular complexity index is 397. The van der Waals surface area contributed by atoms with Gasteiger partial charge in [-0.2, -0.15) is 0 Å². The monoisotopic (exact) mass is 250 g/mol. The molecule has 1 saturated heterocycles. The molecule has 0 saturated carbocycles. The first-order chi connectivity index (χ1) is 8.50. The summed E-state index contributed by atoms with van der Waals surface area (Å²) in [6.45, 7) is 14.3. The van der Waals surface area contributed by atoms with E-state index in [0.717, 1.165) is 31.2 Å². The third-order valence-electron chi connectivity index (χ3n) is 4.12. The van der Waals surface area contributed by atoms with E-state index < -0.39 is 0 Å². The Hall–Kier alpha value is -0.800. The Morgan fingerprint density at radius 2 is 2.06 bits per heavy atom. The number of aryl methyl sites for hydroxylation is 2. The van der Waals surface area contributed by atoms with E-state index in [1.54, 1.807) is 0 Å². The molecule has 3 nitrogen and oxygen atoms in total. The zero-order valence-electron chi connectivity index (χ0n) is 12.3. The fourth-order valence-corrected chi connectivity index (χ4v) is 3.08.